The average Bonchev–Trinajstić information content (AvgIpc) is 3.72. The molecular formula is C31H25N5OS2. The number of nitrogens with zero attached hydrogens (tertiary/aromatic N) is 5. The van der Waals surface area contributed by atoms with E-state index >= 15 is 0 Å². The van der Waals surface area contributed by atoms with Crippen LogP contribution >= 0.6 is 23.1 Å². The Morgan fingerprint density at radius 1 is 1.00 bits per heavy atom. The number of hydrazone groups is 1. The summed E-state index contributed by atoms with van der Waals surface area (Å²) in [4.78, 5) is 24.2. The van der Waals surface area contributed by atoms with Crippen LogP contribution in [0.2, 0.25) is 0 Å². The van der Waals surface area contributed by atoms with Crippen molar-refractivity contribution >= 4 is 56.8 Å². The van der Waals surface area contributed by atoms with Gasteiger partial charge in [-0.25, -0.2) is 4.98 Å². The number of hydrogen-bond acceptors (Lipinski definition) is 7. The fourth-order valence-electron chi connectivity index (χ4n) is 4.60. The van der Waals surface area contributed by atoms with Gasteiger partial charge in [0, 0.05) is 24.5 Å². The van der Waals surface area contributed by atoms with E-state index in [4.69, 9.17) is 5.10 Å². The number of aromatic nitrogens is 1. The third kappa shape index (κ3) is 5.34. The van der Waals surface area contributed by atoms with Crippen molar-refractivity contribution in [3.63, 3.8) is 0 Å². The number of hydrogen-bond donors (Lipinski definition) is 0. The summed E-state index contributed by atoms with van der Waals surface area (Å²) in [6.45, 7) is 4.19. The molecule has 1 saturated heterocycles. The highest BCUT2D eigenvalue weighted by Gasteiger charge is 2.33. The Kier molecular flexibility index (Phi) is 7.21. The second-order valence-electron chi connectivity index (χ2n) is 9.00. The van der Waals surface area contributed by atoms with Gasteiger partial charge in [-0.15, -0.1) is 17.9 Å². The van der Waals surface area contributed by atoms with Gasteiger partial charge in [0.1, 0.15) is 0 Å². The fourth-order valence-corrected chi connectivity index (χ4v) is 6.15. The minimum Gasteiger partial charge on any atom is -0.282 e. The van der Waals surface area contributed by atoms with Gasteiger partial charge in [-0.1, -0.05) is 78.9 Å². The van der Waals surface area contributed by atoms with E-state index in [0.29, 0.717) is 21.7 Å². The lowest BCUT2D eigenvalue weighted by atomic mass is 9.98. The molecule has 2 aliphatic rings. The molecule has 8 heteroatoms. The smallest absolute Gasteiger partial charge is 0.267 e. The van der Waals surface area contributed by atoms with Crippen LogP contribution in [0.15, 0.2) is 124 Å². The molecule has 0 saturated carbocycles. The van der Waals surface area contributed by atoms with Crippen LogP contribution in [0.3, 0.4) is 0 Å². The van der Waals surface area contributed by atoms with Crippen molar-refractivity contribution in [3.8, 4) is 0 Å². The van der Waals surface area contributed by atoms with Crippen molar-refractivity contribution in [1.82, 2.24) is 9.88 Å². The van der Waals surface area contributed by atoms with Crippen LogP contribution in [0.5, 0.6) is 0 Å². The Morgan fingerprint density at radius 3 is 2.44 bits per heavy atom. The molecule has 3 heterocycles. The maximum Gasteiger partial charge on any atom is 0.267 e. The molecule has 3 aromatic carbocycles. The molecule has 1 amide bonds. The molecule has 0 spiro atoms. The third-order valence-electron chi connectivity index (χ3n) is 6.47. The topological polar surface area (TPSA) is 61.2 Å². The second-order valence-corrected chi connectivity index (χ2v) is 10.9. The van der Waals surface area contributed by atoms with E-state index in [-0.39, 0.29) is 11.9 Å². The zero-order valence-electron chi connectivity index (χ0n) is 21.1. The quantitative estimate of drug-likeness (QED) is 0.180. The lowest BCUT2D eigenvalue weighted by Gasteiger charge is -2.24. The number of amidine groups is 1. The van der Waals surface area contributed by atoms with Crippen molar-refractivity contribution in [2.24, 2.45) is 10.1 Å². The molecule has 192 valence electrons. The molecule has 4 aromatic rings. The van der Waals surface area contributed by atoms with E-state index in [2.05, 4.69) is 70.1 Å². The van der Waals surface area contributed by atoms with Gasteiger partial charge in [0.25, 0.3) is 5.91 Å². The number of amides is 1. The molecule has 0 N–H and O–H groups in total. The van der Waals surface area contributed by atoms with Crippen molar-refractivity contribution < 1.29 is 4.79 Å². The molecule has 0 radical (unpaired) electrons. The van der Waals surface area contributed by atoms with Gasteiger partial charge in [0.15, 0.2) is 5.17 Å². The maximum atomic E-state index is 13.2. The summed E-state index contributed by atoms with van der Waals surface area (Å²) >= 11 is 2.80. The van der Waals surface area contributed by atoms with Gasteiger partial charge in [-0.2, -0.15) is 10.1 Å². The number of anilines is 1. The number of thiazole rings is 1. The Bertz CT molecular complexity index is 1560. The Labute approximate surface area is 235 Å². The SMILES string of the molecule is C=CCN1C(=O)/C(=C/c2ccc(N3N=C(c4ccccc4)CC3c3ccccc3)cc2)S/C1=N/c1nccs1. The molecule has 0 aliphatic carbocycles. The molecule has 6 nitrogen and oxygen atoms in total. The van der Waals surface area contributed by atoms with E-state index < -0.39 is 0 Å². The summed E-state index contributed by atoms with van der Waals surface area (Å²) in [5, 5.41) is 10.3. The van der Waals surface area contributed by atoms with Crippen LogP contribution < -0.4 is 5.01 Å². The lowest BCUT2D eigenvalue weighted by Crippen LogP contribution is -2.29. The summed E-state index contributed by atoms with van der Waals surface area (Å²) in [7, 11) is 0. The van der Waals surface area contributed by atoms with Crippen molar-refractivity contribution in [2.45, 2.75) is 12.5 Å². The summed E-state index contributed by atoms with van der Waals surface area (Å²) in [5.74, 6) is -0.0833. The van der Waals surface area contributed by atoms with Gasteiger partial charge in [-0.3, -0.25) is 14.7 Å². The maximum absolute atomic E-state index is 13.2. The van der Waals surface area contributed by atoms with Crippen molar-refractivity contribution in [3.05, 3.63) is 131 Å². The first-order chi connectivity index (χ1) is 19.2. The van der Waals surface area contributed by atoms with Crippen LogP contribution in [0.25, 0.3) is 6.08 Å². The van der Waals surface area contributed by atoms with Crippen LogP contribution in [-0.2, 0) is 4.79 Å². The fraction of sp³-hybridized carbons (Fsp3) is 0.0968. The molecule has 1 fully saturated rings. The van der Waals surface area contributed by atoms with Crippen molar-refractivity contribution in [2.75, 3.05) is 11.6 Å². The molecule has 2 aliphatic heterocycles. The predicted octanol–water partition coefficient (Wildman–Crippen LogP) is 7.29. The molecule has 1 aromatic heterocycles. The van der Waals surface area contributed by atoms with Gasteiger partial charge in [0.2, 0.25) is 5.13 Å². The highest BCUT2D eigenvalue weighted by Crippen LogP contribution is 2.38. The van der Waals surface area contributed by atoms with Gasteiger partial charge >= 0.3 is 0 Å². The molecule has 6 rings (SSSR count). The zero-order valence-corrected chi connectivity index (χ0v) is 22.7. The number of thioether (sulfide) groups is 1. The first kappa shape index (κ1) is 25.0. The molecule has 39 heavy (non-hydrogen) atoms. The third-order valence-corrected chi connectivity index (χ3v) is 8.14. The van der Waals surface area contributed by atoms with Crippen LogP contribution in [0, 0.1) is 0 Å². The lowest BCUT2D eigenvalue weighted by molar-refractivity contribution is -0.121. The van der Waals surface area contributed by atoms with Crippen LogP contribution in [-0.4, -0.2) is 33.2 Å². The monoisotopic (exact) mass is 547 g/mol. The highest BCUT2D eigenvalue weighted by molar-refractivity contribution is 8.18. The summed E-state index contributed by atoms with van der Waals surface area (Å²) in [6, 6.07) is 29.1. The Morgan fingerprint density at radius 2 is 1.74 bits per heavy atom. The number of aliphatic imine (C=N–C) groups is 1. The number of rotatable bonds is 7. The number of carbonyl (C=O) groups is 1. The first-order valence-corrected chi connectivity index (χ1v) is 14.3. The largest absolute Gasteiger partial charge is 0.282 e. The van der Waals surface area contributed by atoms with E-state index in [1.54, 1.807) is 17.2 Å². The molecular weight excluding hydrogens is 523 g/mol. The number of benzene rings is 3. The van der Waals surface area contributed by atoms with Gasteiger partial charge in [0.05, 0.1) is 22.3 Å². The second kappa shape index (κ2) is 11.2. The zero-order chi connectivity index (χ0) is 26.6. The van der Waals surface area contributed by atoms with Crippen LogP contribution in [0.4, 0.5) is 10.8 Å². The number of carbonyl (C=O) groups excluding carboxylic acids is 1. The van der Waals surface area contributed by atoms with E-state index in [1.807, 2.05) is 47.9 Å². The van der Waals surface area contributed by atoms with Crippen LogP contribution in [0.1, 0.15) is 29.2 Å². The first-order valence-electron chi connectivity index (χ1n) is 12.6. The summed E-state index contributed by atoms with van der Waals surface area (Å²) in [5.41, 5.74) is 5.37. The predicted molar refractivity (Wildman–Crippen MR) is 162 cm³/mol. The molecule has 1 unspecified atom stereocenters. The Hall–Kier alpha value is -4.27. The minimum absolute atomic E-state index is 0.0833. The average molecular weight is 548 g/mol. The molecule has 1 atom stereocenters. The standard InChI is InChI=1S/C31H25N5OS2/c1-2-18-35-29(37)28(39-31(35)33-30-32-17-19-38-30)20-22-13-15-25(16-14-22)36-27(24-11-7-4-8-12-24)21-26(34-36)23-9-5-3-6-10-23/h2-17,19-20,27H,1,18,21H2/b28-20-,33-31+. The summed E-state index contributed by atoms with van der Waals surface area (Å²) in [6.07, 6.45) is 6.15. The van der Waals surface area contributed by atoms with E-state index in [9.17, 15) is 4.79 Å². The van der Waals surface area contributed by atoms with Gasteiger partial charge < -0.3 is 0 Å². The van der Waals surface area contributed by atoms with E-state index in [1.165, 1.54) is 28.7 Å². The minimum atomic E-state index is -0.0833. The van der Waals surface area contributed by atoms with Crippen molar-refractivity contribution in [1.29, 1.82) is 0 Å². The summed E-state index contributed by atoms with van der Waals surface area (Å²) < 4.78 is 0. The highest BCUT2D eigenvalue weighted by atomic mass is 32.2. The van der Waals surface area contributed by atoms with E-state index in [0.717, 1.165) is 28.9 Å². The van der Waals surface area contributed by atoms with Gasteiger partial charge in [-0.05, 0) is 46.7 Å². The normalized spacial score (nSPS) is 19.2. The Balaban J connectivity index is 1.28. The molecule has 0 bridgehead atoms.